The van der Waals surface area contributed by atoms with Crippen LogP contribution < -0.4 is 51.8 Å². The van der Waals surface area contributed by atoms with Gasteiger partial charge in [0.1, 0.15) is 62.1 Å². The van der Waals surface area contributed by atoms with E-state index in [-0.39, 0.29) is 41.7 Å². The lowest BCUT2D eigenvalue weighted by molar-refractivity contribution is -0.147. The number of carboxylic acid groups (broad SMARTS) is 1. The van der Waals surface area contributed by atoms with Gasteiger partial charge in [-0.15, -0.1) is 34.0 Å². The second kappa shape index (κ2) is 47.9. The second-order valence-corrected chi connectivity index (χ2v) is 40.2. The van der Waals surface area contributed by atoms with Gasteiger partial charge in [0.05, 0.1) is 112 Å². The van der Waals surface area contributed by atoms with E-state index < -0.39 is 110 Å². The summed E-state index contributed by atoms with van der Waals surface area (Å²) in [5.74, 6) is -5.74. The molecule has 32 nitrogen and oxygen atoms in total. The highest BCUT2D eigenvalue weighted by Crippen LogP contribution is 2.51. The monoisotopic (exact) mass is 2110 g/mol. The highest BCUT2D eigenvalue weighted by molar-refractivity contribution is 7.23. The molecule has 0 saturated heterocycles. The molecule has 0 spiro atoms. The van der Waals surface area contributed by atoms with E-state index in [9.17, 15) is 55.9 Å². The summed E-state index contributed by atoms with van der Waals surface area (Å²) in [4.78, 5) is 133. The summed E-state index contributed by atoms with van der Waals surface area (Å²) in [6.07, 6.45) is 5.94. The van der Waals surface area contributed by atoms with Crippen LogP contribution in [0.4, 0.5) is 70.1 Å². The number of nitrogens with zero attached hydrogens (tertiary/aromatic N) is 8. The highest BCUT2D eigenvalue weighted by atomic mass is 32.1. The molecule has 41 heteroatoms. The van der Waals surface area contributed by atoms with Crippen molar-refractivity contribution >= 4 is 146 Å². The molecule has 778 valence electrons. The van der Waals surface area contributed by atoms with Crippen molar-refractivity contribution in [1.82, 2.24) is 45.0 Å². The molecular weight excluding hydrogens is 2000 g/mol. The van der Waals surface area contributed by atoms with Gasteiger partial charge in [-0.1, -0.05) is 18.2 Å². The Morgan fingerprint density at radius 3 is 1.01 bits per heavy atom. The van der Waals surface area contributed by atoms with Crippen molar-refractivity contribution in [2.24, 2.45) is 16.2 Å². The van der Waals surface area contributed by atoms with Crippen LogP contribution in [-0.4, -0.2) is 164 Å². The maximum absolute atomic E-state index is 15.4. The third-order valence-electron chi connectivity index (χ3n) is 23.4. The Labute approximate surface area is 869 Å². The molecule has 6 aromatic carbocycles. The number of carbonyl (C=O) groups is 8. The van der Waals surface area contributed by atoms with E-state index in [2.05, 4.69) is 46.9 Å². The zero-order valence-corrected chi connectivity index (χ0v) is 85.2. The largest absolute Gasteiger partial charge is 0.480 e. The van der Waals surface area contributed by atoms with Gasteiger partial charge in [-0.3, -0.25) is 68.5 Å². The van der Waals surface area contributed by atoms with Gasteiger partial charge in [-0.05, 0) is 244 Å². The van der Waals surface area contributed by atoms with Crippen LogP contribution in [0.5, 0.6) is 34.5 Å². The van der Waals surface area contributed by atoms with Crippen LogP contribution >= 0.6 is 34.0 Å². The first-order valence-electron chi connectivity index (χ1n) is 47.3. The average molecular weight is 2110 g/mol. The number of aliphatic carboxylic acids is 1. The number of ether oxygens (including phenoxy) is 8. The molecule has 0 aliphatic heterocycles. The Kier molecular flexibility index (Phi) is 34.6. The minimum absolute atomic E-state index is 0.0344. The lowest BCUT2D eigenvalue weighted by Crippen LogP contribution is -2.38. The molecule has 18 rings (SSSR count). The van der Waals surface area contributed by atoms with Crippen molar-refractivity contribution in [1.29, 1.82) is 0 Å². The highest BCUT2D eigenvalue weighted by Gasteiger charge is 2.59. The zero-order chi connectivity index (χ0) is 107. The van der Waals surface area contributed by atoms with Gasteiger partial charge >= 0.3 is 18.2 Å². The molecule has 0 atom stereocenters. The number of carbonyl (C=O) groups excluding carboxylic acids is 7. The van der Waals surface area contributed by atoms with Gasteiger partial charge < -0.3 is 80.6 Å². The summed E-state index contributed by atoms with van der Waals surface area (Å²) < 4.78 is 130. The molecule has 3 aliphatic rings. The number of halogens is 6. The normalized spacial score (nSPS) is 13.2. The Bertz CT molecular complexity index is 7450. The van der Waals surface area contributed by atoms with Crippen LogP contribution in [0, 0.1) is 51.1 Å². The number of hydrogen-bond acceptors (Lipinski definition) is 27. The molecule has 0 radical (unpaired) electrons. The van der Waals surface area contributed by atoms with Crippen molar-refractivity contribution < 1.29 is 108 Å². The summed E-state index contributed by atoms with van der Waals surface area (Å²) in [6.45, 7) is 14.7. The maximum Gasteiger partial charge on any atom is 0.410 e. The molecule has 7 amide bonds. The van der Waals surface area contributed by atoms with Crippen LogP contribution in [0.3, 0.4) is 0 Å². The van der Waals surface area contributed by atoms with Gasteiger partial charge in [0.2, 0.25) is 29.5 Å². The molecule has 3 aliphatic carbocycles. The van der Waals surface area contributed by atoms with Crippen LogP contribution in [0.1, 0.15) is 97.1 Å². The Morgan fingerprint density at radius 2 is 0.693 bits per heavy atom. The van der Waals surface area contributed by atoms with Crippen molar-refractivity contribution in [3.05, 3.63) is 289 Å². The number of benzene rings is 6. The first kappa shape index (κ1) is 108. The number of thiophene rings is 3. The summed E-state index contributed by atoms with van der Waals surface area (Å²) >= 11 is 4.25. The number of pyridine rings is 6. The molecule has 15 aromatic rings. The fourth-order valence-corrected chi connectivity index (χ4v) is 18.1. The average Bonchev–Trinajstić information content (AvgIpc) is 1.61. The molecule has 9 N–H and O–H groups in total. The van der Waals surface area contributed by atoms with Crippen LogP contribution in [0.2, 0.25) is 0 Å². The van der Waals surface area contributed by atoms with Gasteiger partial charge in [-0.2, -0.15) is 0 Å². The fraction of sp³-hybridized carbons (Fsp3) is 0.266. The first-order chi connectivity index (χ1) is 71.8. The first-order valence-corrected chi connectivity index (χ1v) is 49.7. The third-order valence-corrected chi connectivity index (χ3v) is 26.9. The number of nitrogen functional groups attached to an aromatic ring is 1. The predicted molar refractivity (Wildman–Crippen MR) is 558 cm³/mol. The lowest BCUT2D eigenvalue weighted by Gasteiger charge is -2.27. The molecule has 3 saturated carbocycles. The van der Waals surface area contributed by atoms with E-state index >= 15 is 8.78 Å². The Hall–Kier alpha value is -15.9. The summed E-state index contributed by atoms with van der Waals surface area (Å²) in [5.41, 5.74) is 8.79. The minimum atomic E-state index is -1.30. The number of nitrogens with one attached hydrogen (secondary N) is 6. The van der Waals surface area contributed by atoms with Crippen molar-refractivity contribution in [2.45, 2.75) is 111 Å². The molecule has 0 unspecified atom stereocenters. The number of anilines is 6. The molecular formula is C109H105F6N15O17S3. The summed E-state index contributed by atoms with van der Waals surface area (Å²) in [5, 5.41) is 25.2. The van der Waals surface area contributed by atoms with E-state index in [1.807, 2.05) is 114 Å². The molecule has 3 fully saturated rings. The predicted octanol–water partition coefficient (Wildman–Crippen LogP) is 22.6. The van der Waals surface area contributed by atoms with Crippen LogP contribution in [-0.2, 0) is 72.1 Å². The number of hydrogen-bond donors (Lipinski definition) is 8. The van der Waals surface area contributed by atoms with Crippen molar-refractivity contribution in [2.75, 3.05) is 93.1 Å². The van der Waals surface area contributed by atoms with Gasteiger partial charge in [-0.25, -0.2) is 35.9 Å². The van der Waals surface area contributed by atoms with Crippen LogP contribution in [0.15, 0.2) is 237 Å². The molecule has 9 aromatic heterocycles. The molecule has 0 bridgehead atoms. The van der Waals surface area contributed by atoms with E-state index in [0.29, 0.717) is 156 Å². The SMILES string of the molecule is COCCN(Cc1cccc(-c2cc3nccc(Oc4ccc(N)cc4F)c3s2)n1)C(=O)OC(C)(C)C.COCCN(Cc1cccc(-c2cc3nccc(Oc4ccc(NC(=O)C5(C(=O)Nc6ccc(F)cc6)CC5)cc4F)c3s2)n1)C(=O)OC(C)(C)C.COCCNCc1cccc(-c2cc3nccc(Oc4ccc(NC(=O)C5(C(=O)Nc6ccc(F)cc6)CC5)cc4F)c3s2)n1.O=C(O)C1(C(=O)Nc2ccc(F)cc2)CC1. The summed E-state index contributed by atoms with van der Waals surface area (Å²) in [7, 11) is 4.81. The number of nitrogens with two attached hydrogens (primary N) is 1. The van der Waals surface area contributed by atoms with E-state index in [1.54, 1.807) is 74.0 Å². The number of carboxylic acids is 1. The molecule has 9 heterocycles. The van der Waals surface area contributed by atoms with Gasteiger partial charge in [0.25, 0.3) is 0 Å². The van der Waals surface area contributed by atoms with Crippen molar-refractivity contribution in [3.63, 3.8) is 0 Å². The number of rotatable bonds is 35. The fourth-order valence-electron chi connectivity index (χ4n) is 15.0. The minimum Gasteiger partial charge on any atom is -0.480 e. The number of methoxy groups -OCH3 is 3. The smallest absolute Gasteiger partial charge is 0.410 e. The number of amides is 7. The van der Waals surface area contributed by atoms with Crippen molar-refractivity contribution in [3.8, 4) is 66.2 Å². The van der Waals surface area contributed by atoms with Gasteiger partial charge in [0, 0.05) is 137 Å². The van der Waals surface area contributed by atoms with E-state index in [1.165, 1.54) is 143 Å². The Balaban J connectivity index is 0.000000158. The van der Waals surface area contributed by atoms with Crippen LogP contribution in [0.25, 0.3) is 62.4 Å². The maximum atomic E-state index is 15.4. The lowest BCUT2D eigenvalue weighted by atomic mass is 10.0. The number of aromatic nitrogens is 6. The molecule has 150 heavy (non-hydrogen) atoms. The zero-order valence-electron chi connectivity index (χ0n) is 82.8. The Morgan fingerprint density at radius 1 is 0.380 bits per heavy atom. The summed E-state index contributed by atoms with van der Waals surface area (Å²) in [6, 6.07) is 55.8. The van der Waals surface area contributed by atoms with E-state index in [0.717, 1.165) is 59.8 Å². The topological polar surface area (TPSA) is 413 Å². The third kappa shape index (κ3) is 28.1. The standard InChI is InChI=1S/C38H37F2N5O6S.C33H29F2N5O4S.C27H29FN4O4S.C11H10FNO3/c1-37(2,3)51-36(48)45(18-19-49-4)22-26-6-5-7-28(42-26)32-21-29-33(52-32)31(14-17-41-29)50-30-13-12-25(20-27(30)40)44-35(47)38(15-16-38)34(46)43-24-10-8-23(39)9-11-24;1-43-16-15-36-19-23-3-2-4-25(38-23)29-18-26-30(45-29)28(11-14-37-26)44-27-10-9-22(17-24(27)35)40-32(42)33(12-13-33)31(41)39-21-7-5-20(34)6-8-21;1-27(2,3)36-26(33)32(12-13-34-4)16-18-6-5-7-20(31-18)24-15-21-25(37-24)23(10-11-30-21)35-22-9-8-17(29)14-19(22)28;12-7-1-3-8(4-2-7)13-9(14)11(5-6-11)10(15)16/h5-14,17,20-21H,15-16,18-19,22H2,1-4H3,(H,43,46)(H,44,47);2-11,14,17-18,36H,12-13,15-16,19H2,1H3,(H,39,41)(H,40,42);5-11,14-15H,12-13,16,29H2,1-4H3;1-4H,5-6H2,(H,13,14)(H,15,16). The van der Waals surface area contributed by atoms with Gasteiger partial charge in [0.15, 0.2) is 34.7 Å². The second-order valence-electron chi connectivity index (χ2n) is 37.0. The quantitative estimate of drug-likeness (QED) is 0.00791. The van der Waals surface area contributed by atoms with E-state index in [4.69, 9.17) is 63.7 Å². The number of fused-ring (bicyclic) bond motifs is 3.